The molecule has 0 aliphatic heterocycles. The maximum atomic E-state index is 11.7. The van der Waals surface area contributed by atoms with Crippen molar-refractivity contribution in [1.82, 2.24) is 0 Å². The van der Waals surface area contributed by atoms with Gasteiger partial charge in [0.2, 0.25) is 0 Å². The fraction of sp³-hybridized carbons (Fsp3) is 0.947. The Labute approximate surface area is 127 Å². The van der Waals surface area contributed by atoms with Crippen LogP contribution in [0.1, 0.15) is 111 Å². The van der Waals surface area contributed by atoms with Crippen LogP contribution in [0.4, 0.5) is 0 Å². The van der Waals surface area contributed by atoms with Crippen LogP contribution in [0, 0.1) is 5.92 Å². The second kappa shape index (κ2) is 15.1. The molecule has 0 amide bonds. The van der Waals surface area contributed by atoms with Gasteiger partial charge in [-0.2, -0.15) is 0 Å². The van der Waals surface area contributed by atoms with Crippen LogP contribution in [0.2, 0.25) is 0 Å². The third-order valence-electron chi connectivity index (χ3n) is 4.05. The molecule has 20 heavy (non-hydrogen) atoms. The van der Waals surface area contributed by atoms with E-state index in [0.717, 1.165) is 31.6 Å². The zero-order valence-electron chi connectivity index (χ0n) is 14.4. The molecule has 0 bridgehead atoms. The topological polar surface area (TPSA) is 17.1 Å². The van der Waals surface area contributed by atoms with Gasteiger partial charge in [-0.05, 0) is 18.8 Å². The molecule has 0 N–H and O–H groups in total. The van der Waals surface area contributed by atoms with E-state index >= 15 is 0 Å². The minimum Gasteiger partial charge on any atom is -0.300 e. The van der Waals surface area contributed by atoms with E-state index in [4.69, 9.17) is 0 Å². The predicted octanol–water partition coefficient (Wildman–Crippen LogP) is 6.69. The first kappa shape index (κ1) is 19.7. The van der Waals surface area contributed by atoms with Gasteiger partial charge in [0.1, 0.15) is 5.78 Å². The normalized spacial score (nSPS) is 11.2. The molecule has 0 rings (SSSR count). The number of Topliss-reactive ketones (excluding diaryl/α,β-unsaturated/α-hetero) is 1. The maximum Gasteiger partial charge on any atom is 0.132 e. The molecule has 0 aromatic carbocycles. The fourth-order valence-electron chi connectivity index (χ4n) is 2.64. The van der Waals surface area contributed by atoms with Crippen LogP contribution in [-0.4, -0.2) is 5.78 Å². The number of rotatable bonds is 15. The highest BCUT2D eigenvalue weighted by atomic mass is 16.1. The lowest BCUT2D eigenvalue weighted by atomic mass is 10.0. The molecule has 0 aromatic rings. The summed E-state index contributed by atoms with van der Waals surface area (Å²) in [6, 6.07) is 0. The fourth-order valence-corrected chi connectivity index (χ4v) is 2.64. The quantitative estimate of drug-likeness (QED) is 0.306. The van der Waals surface area contributed by atoms with Crippen molar-refractivity contribution in [2.75, 3.05) is 0 Å². The van der Waals surface area contributed by atoms with E-state index in [0.29, 0.717) is 5.78 Å². The first-order valence-corrected chi connectivity index (χ1v) is 9.18. The Morgan fingerprint density at radius 2 is 1.15 bits per heavy atom. The van der Waals surface area contributed by atoms with Gasteiger partial charge in [-0.3, -0.25) is 4.79 Å². The average molecular weight is 283 g/mol. The maximum absolute atomic E-state index is 11.7. The molecular weight excluding hydrogens is 244 g/mol. The Kier molecular flexibility index (Phi) is 14.8. The summed E-state index contributed by atoms with van der Waals surface area (Å²) in [7, 11) is 0. The molecule has 0 unspecified atom stereocenters. The Hall–Kier alpha value is -0.330. The third-order valence-corrected chi connectivity index (χ3v) is 4.05. The monoisotopic (exact) mass is 282 g/mol. The molecule has 0 fully saturated rings. The highest BCUT2D eigenvalue weighted by molar-refractivity contribution is 5.78. The minimum absolute atomic E-state index is 0.491. The van der Waals surface area contributed by atoms with Crippen LogP contribution in [0.15, 0.2) is 0 Å². The smallest absolute Gasteiger partial charge is 0.132 e. The van der Waals surface area contributed by atoms with Crippen molar-refractivity contribution in [2.45, 2.75) is 111 Å². The summed E-state index contributed by atoms with van der Waals surface area (Å²) in [4.78, 5) is 11.7. The van der Waals surface area contributed by atoms with Crippen LogP contribution in [0.5, 0.6) is 0 Å². The van der Waals surface area contributed by atoms with E-state index in [1.54, 1.807) is 0 Å². The molecule has 0 radical (unpaired) electrons. The van der Waals surface area contributed by atoms with Crippen LogP contribution < -0.4 is 0 Å². The standard InChI is InChI=1S/C19H38O/c1-4-5-6-7-8-9-10-11-12-13-16-19(20)17-14-15-18(2)3/h18H,4-17H2,1-3H3. The van der Waals surface area contributed by atoms with Crippen LogP contribution in [0.25, 0.3) is 0 Å². The highest BCUT2D eigenvalue weighted by Gasteiger charge is 2.02. The van der Waals surface area contributed by atoms with Crippen LogP contribution in [-0.2, 0) is 4.79 Å². The number of carbonyl (C=O) groups excluding carboxylic acids is 1. The number of carbonyl (C=O) groups is 1. The number of hydrogen-bond donors (Lipinski definition) is 0. The summed E-state index contributed by atoms with van der Waals surface area (Å²) >= 11 is 0. The van der Waals surface area contributed by atoms with E-state index in [9.17, 15) is 4.79 Å². The van der Waals surface area contributed by atoms with Gasteiger partial charge in [-0.25, -0.2) is 0 Å². The van der Waals surface area contributed by atoms with Crippen molar-refractivity contribution < 1.29 is 4.79 Å². The van der Waals surface area contributed by atoms with Gasteiger partial charge in [0.05, 0.1) is 0 Å². The molecule has 120 valence electrons. The van der Waals surface area contributed by atoms with Crippen molar-refractivity contribution >= 4 is 5.78 Å². The van der Waals surface area contributed by atoms with Gasteiger partial charge in [0.25, 0.3) is 0 Å². The molecule has 0 spiro atoms. The zero-order chi connectivity index (χ0) is 15.1. The van der Waals surface area contributed by atoms with Gasteiger partial charge >= 0.3 is 0 Å². The molecule has 0 aliphatic rings. The van der Waals surface area contributed by atoms with E-state index in [1.165, 1.54) is 64.2 Å². The lowest BCUT2D eigenvalue weighted by Crippen LogP contribution is -1.99. The van der Waals surface area contributed by atoms with Crippen molar-refractivity contribution in [3.05, 3.63) is 0 Å². The average Bonchev–Trinajstić information content (AvgIpc) is 2.40. The Balaban J connectivity index is 3.13. The first-order valence-electron chi connectivity index (χ1n) is 9.18. The van der Waals surface area contributed by atoms with Gasteiger partial charge in [-0.1, -0.05) is 85.0 Å². The van der Waals surface area contributed by atoms with Gasteiger partial charge in [-0.15, -0.1) is 0 Å². The van der Waals surface area contributed by atoms with Crippen molar-refractivity contribution in [1.29, 1.82) is 0 Å². The third kappa shape index (κ3) is 15.7. The Morgan fingerprint density at radius 3 is 1.65 bits per heavy atom. The molecule has 0 saturated carbocycles. The number of ketones is 1. The second-order valence-corrected chi connectivity index (χ2v) is 6.76. The lowest BCUT2D eigenvalue weighted by Gasteiger charge is -2.04. The minimum atomic E-state index is 0.491. The molecule has 1 heteroatoms. The molecule has 1 nitrogen and oxygen atoms in total. The molecule has 0 heterocycles. The van der Waals surface area contributed by atoms with E-state index in [2.05, 4.69) is 20.8 Å². The Bertz CT molecular complexity index is 208. The molecular formula is C19H38O. The summed E-state index contributed by atoms with van der Waals surface area (Å²) in [5.74, 6) is 1.23. The molecule has 0 aromatic heterocycles. The Morgan fingerprint density at radius 1 is 0.700 bits per heavy atom. The van der Waals surface area contributed by atoms with E-state index in [-0.39, 0.29) is 0 Å². The van der Waals surface area contributed by atoms with E-state index in [1.807, 2.05) is 0 Å². The van der Waals surface area contributed by atoms with Gasteiger partial charge in [0.15, 0.2) is 0 Å². The SMILES string of the molecule is CCCCCCCCCCCCC(=O)CCCC(C)C. The summed E-state index contributed by atoms with van der Waals surface area (Å²) < 4.78 is 0. The van der Waals surface area contributed by atoms with E-state index < -0.39 is 0 Å². The van der Waals surface area contributed by atoms with Gasteiger partial charge < -0.3 is 0 Å². The molecule has 0 saturated heterocycles. The first-order chi connectivity index (χ1) is 9.66. The predicted molar refractivity (Wildman–Crippen MR) is 90.2 cm³/mol. The molecule has 0 atom stereocenters. The van der Waals surface area contributed by atoms with Crippen molar-refractivity contribution in [3.63, 3.8) is 0 Å². The summed E-state index contributed by atoms with van der Waals surface area (Å²) in [6.45, 7) is 6.73. The van der Waals surface area contributed by atoms with Crippen molar-refractivity contribution in [3.8, 4) is 0 Å². The zero-order valence-corrected chi connectivity index (χ0v) is 14.4. The van der Waals surface area contributed by atoms with Crippen LogP contribution in [0.3, 0.4) is 0 Å². The van der Waals surface area contributed by atoms with Gasteiger partial charge in [0, 0.05) is 12.8 Å². The summed E-state index contributed by atoms with van der Waals surface area (Å²) in [5, 5.41) is 0. The largest absolute Gasteiger partial charge is 0.300 e. The number of hydrogen-bond acceptors (Lipinski definition) is 1. The van der Waals surface area contributed by atoms with Crippen LogP contribution >= 0.6 is 0 Å². The summed E-state index contributed by atoms with van der Waals surface area (Å²) in [5.41, 5.74) is 0. The highest BCUT2D eigenvalue weighted by Crippen LogP contribution is 2.13. The lowest BCUT2D eigenvalue weighted by molar-refractivity contribution is -0.119. The summed E-state index contributed by atoms with van der Waals surface area (Å²) in [6.07, 6.45) is 17.4. The second-order valence-electron chi connectivity index (χ2n) is 6.76. The van der Waals surface area contributed by atoms with Crippen molar-refractivity contribution in [2.24, 2.45) is 5.92 Å². The molecule has 0 aliphatic carbocycles. The number of unbranched alkanes of at least 4 members (excludes halogenated alkanes) is 9.